The number of hydrogen-bond acceptors (Lipinski definition) is 5. The van der Waals surface area contributed by atoms with E-state index in [1.807, 2.05) is 57.2 Å². The van der Waals surface area contributed by atoms with E-state index in [1.165, 1.54) is 0 Å². The lowest BCUT2D eigenvalue weighted by Crippen LogP contribution is -2.28. The fourth-order valence-electron chi connectivity index (χ4n) is 3.16. The first kappa shape index (κ1) is 19.7. The summed E-state index contributed by atoms with van der Waals surface area (Å²) in [5.74, 6) is -0.208. The predicted molar refractivity (Wildman–Crippen MR) is 109 cm³/mol. The number of carbonyl (C=O) groups excluding carboxylic acids is 1. The van der Waals surface area contributed by atoms with Gasteiger partial charge in [0.1, 0.15) is 5.58 Å². The van der Waals surface area contributed by atoms with Crippen LogP contribution >= 0.6 is 0 Å². The van der Waals surface area contributed by atoms with Crippen molar-refractivity contribution in [2.45, 2.75) is 40.7 Å². The summed E-state index contributed by atoms with van der Waals surface area (Å²) in [6.07, 6.45) is -0.935. The number of fused-ring (bicyclic) bond motifs is 1. The second-order valence-corrected chi connectivity index (χ2v) is 6.92. The van der Waals surface area contributed by atoms with Gasteiger partial charge in [0.15, 0.2) is 11.9 Å². The molecule has 5 heteroatoms. The number of ether oxygens (including phenoxy) is 2. The fraction of sp³-hybridized carbons (Fsp3) is 0.304. The van der Waals surface area contributed by atoms with Crippen molar-refractivity contribution < 1.29 is 18.7 Å². The van der Waals surface area contributed by atoms with Crippen molar-refractivity contribution in [3.05, 3.63) is 63.3 Å². The fourth-order valence-corrected chi connectivity index (χ4v) is 3.16. The molecule has 0 fully saturated rings. The van der Waals surface area contributed by atoms with Crippen molar-refractivity contribution in [1.82, 2.24) is 0 Å². The molecule has 0 N–H and O–H groups in total. The summed E-state index contributed by atoms with van der Waals surface area (Å²) < 4.78 is 16.9. The average molecular weight is 380 g/mol. The highest BCUT2D eigenvalue weighted by atomic mass is 16.6. The van der Waals surface area contributed by atoms with E-state index in [0.29, 0.717) is 22.3 Å². The van der Waals surface area contributed by atoms with E-state index in [0.717, 1.165) is 16.7 Å². The van der Waals surface area contributed by atoms with Gasteiger partial charge in [-0.3, -0.25) is 4.79 Å². The predicted octanol–water partition coefficient (Wildman–Crippen LogP) is 4.72. The molecule has 2 aromatic carbocycles. The first-order chi connectivity index (χ1) is 13.3. The smallest absolute Gasteiger partial charge is 0.347 e. The Morgan fingerprint density at radius 3 is 2.39 bits per heavy atom. The molecule has 146 valence electrons. The zero-order chi connectivity index (χ0) is 20.4. The Kier molecular flexibility index (Phi) is 5.54. The molecule has 28 heavy (non-hydrogen) atoms. The first-order valence-electron chi connectivity index (χ1n) is 9.30. The summed E-state index contributed by atoms with van der Waals surface area (Å²) in [5.41, 5.74) is 3.78. The number of aryl methyl sites for hydroxylation is 3. The van der Waals surface area contributed by atoms with Gasteiger partial charge < -0.3 is 13.9 Å². The maximum absolute atomic E-state index is 13.3. The van der Waals surface area contributed by atoms with Crippen LogP contribution in [0.2, 0.25) is 0 Å². The molecule has 0 saturated heterocycles. The average Bonchev–Trinajstić information content (AvgIpc) is 2.64. The Morgan fingerprint density at radius 2 is 1.75 bits per heavy atom. The van der Waals surface area contributed by atoms with E-state index in [9.17, 15) is 9.59 Å². The van der Waals surface area contributed by atoms with Crippen LogP contribution in [0, 0.1) is 20.8 Å². The molecule has 3 rings (SSSR count). The van der Waals surface area contributed by atoms with Gasteiger partial charge in [0.25, 0.3) is 0 Å². The molecule has 0 aliphatic carbocycles. The van der Waals surface area contributed by atoms with Crippen molar-refractivity contribution in [1.29, 1.82) is 0 Å². The molecule has 1 atom stereocenters. The van der Waals surface area contributed by atoms with Crippen molar-refractivity contribution in [2.75, 3.05) is 6.61 Å². The molecule has 3 aromatic rings. The normalized spacial score (nSPS) is 12.0. The van der Waals surface area contributed by atoms with E-state index < -0.39 is 12.1 Å². The molecule has 0 aliphatic heterocycles. The van der Waals surface area contributed by atoms with E-state index in [1.54, 1.807) is 13.8 Å². The molecule has 0 radical (unpaired) electrons. The van der Waals surface area contributed by atoms with Crippen LogP contribution in [-0.2, 0) is 9.53 Å². The summed E-state index contributed by atoms with van der Waals surface area (Å²) in [6, 6.07) is 11.3. The van der Waals surface area contributed by atoms with Crippen LogP contribution in [0.5, 0.6) is 5.75 Å². The number of carbonyl (C=O) groups is 1. The SMILES string of the molecule is CCOC(=O)C(C)Oc1c(-c2ccc(C)cc2)oc2cc(C)cc(C)c2c1=O. The Labute approximate surface area is 163 Å². The molecule has 0 bridgehead atoms. The Morgan fingerprint density at radius 1 is 1.07 bits per heavy atom. The van der Waals surface area contributed by atoms with E-state index in [4.69, 9.17) is 13.9 Å². The minimum absolute atomic E-state index is 0.0175. The topological polar surface area (TPSA) is 65.7 Å². The lowest BCUT2D eigenvalue weighted by atomic mass is 10.0. The Balaban J connectivity index is 2.24. The monoisotopic (exact) mass is 380 g/mol. The number of esters is 1. The van der Waals surface area contributed by atoms with E-state index >= 15 is 0 Å². The maximum atomic E-state index is 13.3. The van der Waals surface area contributed by atoms with Crippen molar-refractivity contribution >= 4 is 16.9 Å². The lowest BCUT2D eigenvalue weighted by molar-refractivity contribution is -0.150. The summed E-state index contributed by atoms with van der Waals surface area (Å²) in [4.78, 5) is 25.3. The second kappa shape index (κ2) is 7.89. The van der Waals surface area contributed by atoms with E-state index in [-0.39, 0.29) is 17.8 Å². The van der Waals surface area contributed by atoms with Gasteiger partial charge in [-0.15, -0.1) is 0 Å². The van der Waals surface area contributed by atoms with Crippen LogP contribution in [0.25, 0.3) is 22.3 Å². The molecule has 0 amide bonds. The number of rotatable bonds is 5. The molecule has 5 nitrogen and oxygen atoms in total. The highest BCUT2D eigenvalue weighted by Gasteiger charge is 2.24. The van der Waals surface area contributed by atoms with Gasteiger partial charge >= 0.3 is 5.97 Å². The van der Waals surface area contributed by atoms with Crippen LogP contribution in [0.15, 0.2) is 45.6 Å². The van der Waals surface area contributed by atoms with Crippen LogP contribution in [0.1, 0.15) is 30.5 Å². The lowest BCUT2D eigenvalue weighted by Gasteiger charge is -2.16. The third-order valence-electron chi connectivity index (χ3n) is 4.52. The van der Waals surface area contributed by atoms with Crippen LogP contribution in [0.3, 0.4) is 0 Å². The quantitative estimate of drug-likeness (QED) is 0.600. The number of hydrogen-bond donors (Lipinski definition) is 0. The summed E-state index contributed by atoms with van der Waals surface area (Å²) in [6.45, 7) is 9.30. The maximum Gasteiger partial charge on any atom is 0.347 e. The standard InChI is InChI=1S/C23H24O5/c1-6-26-23(25)16(5)27-22-20(24)19-15(4)11-14(3)12-18(19)28-21(22)17-9-7-13(2)8-10-17/h7-12,16H,6H2,1-5H3. The zero-order valence-corrected chi connectivity index (χ0v) is 16.8. The molecule has 0 aliphatic rings. The first-order valence-corrected chi connectivity index (χ1v) is 9.30. The van der Waals surface area contributed by atoms with Crippen molar-refractivity contribution in [3.8, 4) is 17.1 Å². The molecule has 1 aromatic heterocycles. The summed E-state index contributed by atoms with van der Waals surface area (Å²) in [7, 11) is 0. The van der Waals surface area contributed by atoms with Crippen molar-refractivity contribution in [2.24, 2.45) is 0 Å². The van der Waals surface area contributed by atoms with Crippen LogP contribution in [0.4, 0.5) is 0 Å². The molecule has 1 heterocycles. The zero-order valence-electron chi connectivity index (χ0n) is 16.8. The third kappa shape index (κ3) is 3.79. The van der Waals surface area contributed by atoms with Gasteiger partial charge in [0, 0.05) is 5.56 Å². The third-order valence-corrected chi connectivity index (χ3v) is 4.52. The van der Waals surface area contributed by atoms with Crippen LogP contribution in [-0.4, -0.2) is 18.7 Å². The van der Waals surface area contributed by atoms with Gasteiger partial charge in [0.2, 0.25) is 11.2 Å². The van der Waals surface area contributed by atoms with Gasteiger partial charge in [-0.2, -0.15) is 0 Å². The highest BCUT2D eigenvalue weighted by Crippen LogP contribution is 2.33. The minimum atomic E-state index is -0.935. The highest BCUT2D eigenvalue weighted by molar-refractivity contribution is 5.85. The summed E-state index contributed by atoms with van der Waals surface area (Å²) in [5, 5.41) is 0.451. The minimum Gasteiger partial charge on any atom is -0.471 e. The molecule has 0 saturated carbocycles. The van der Waals surface area contributed by atoms with Gasteiger partial charge in [0.05, 0.1) is 12.0 Å². The molecular weight excluding hydrogens is 356 g/mol. The van der Waals surface area contributed by atoms with Crippen molar-refractivity contribution in [3.63, 3.8) is 0 Å². The molecule has 0 spiro atoms. The molecular formula is C23H24O5. The van der Waals surface area contributed by atoms with Gasteiger partial charge in [-0.1, -0.05) is 35.9 Å². The van der Waals surface area contributed by atoms with E-state index in [2.05, 4.69) is 0 Å². The van der Waals surface area contributed by atoms with Crippen LogP contribution < -0.4 is 10.2 Å². The summed E-state index contributed by atoms with van der Waals surface area (Å²) >= 11 is 0. The molecule has 1 unspecified atom stereocenters. The van der Waals surface area contributed by atoms with Gasteiger partial charge in [-0.05, 0) is 51.8 Å². The largest absolute Gasteiger partial charge is 0.471 e. The van der Waals surface area contributed by atoms with Gasteiger partial charge in [-0.25, -0.2) is 4.79 Å². The number of benzene rings is 2. The Bertz CT molecular complexity index is 1080. The Hall–Kier alpha value is -3.08. The second-order valence-electron chi connectivity index (χ2n) is 6.92.